The van der Waals surface area contributed by atoms with E-state index in [9.17, 15) is 9.59 Å². The zero-order valence-electron chi connectivity index (χ0n) is 19.1. The molecule has 0 saturated heterocycles. The van der Waals surface area contributed by atoms with Gasteiger partial charge in [0.15, 0.2) is 0 Å². The fourth-order valence-electron chi connectivity index (χ4n) is 3.58. The van der Waals surface area contributed by atoms with Gasteiger partial charge in [0.1, 0.15) is 24.2 Å². The van der Waals surface area contributed by atoms with E-state index in [2.05, 4.69) is 20.5 Å². The van der Waals surface area contributed by atoms with Crippen molar-refractivity contribution >= 4 is 17.5 Å². The number of ether oxygens (including phenoxy) is 2. The van der Waals surface area contributed by atoms with Crippen LogP contribution >= 0.6 is 0 Å². The van der Waals surface area contributed by atoms with Gasteiger partial charge in [-0.2, -0.15) is 0 Å². The number of carbonyl (C=O) groups is 2. The molecule has 0 spiro atoms. The first-order valence-corrected chi connectivity index (χ1v) is 10.6. The third kappa shape index (κ3) is 4.73. The van der Waals surface area contributed by atoms with Crippen molar-refractivity contribution in [2.45, 2.75) is 31.9 Å². The first kappa shape index (κ1) is 22.5. The maximum absolute atomic E-state index is 13.1. The number of methoxy groups -OCH3 is 1. The zero-order valence-corrected chi connectivity index (χ0v) is 19.1. The van der Waals surface area contributed by atoms with E-state index < -0.39 is 17.6 Å². The summed E-state index contributed by atoms with van der Waals surface area (Å²) >= 11 is 0. The van der Waals surface area contributed by atoms with Gasteiger partial charge in [-0.15, -0.1) is 5.10 Å². The SMILES string of the molecule is COC(C)(C)c1ccc2c(c1)N(C)C(=O)C(NC(=O)c1n[nH]c(Cc3ccccc3)n1)CO2. The molecule has 4 rings (SSSR count). The Labute approximate surface area is 192 Å². The van der Waals surface area contributed by atoms with E-state index in [4.69, 9.17) is 9.47 Å². The summed E-state index contributed by atoms with van der Waals surface area (Å²) in [4.78, 5) is 31.6. The number of fused-ring (bicyclic) bond motifs is 1. The van der Waals surface area contributed by atoms with Gasteiger partial charge in [-0.1, -0.05) is 36.4 Å². The van der Waals surface area contributed by atoms with Crippen molar-refractivity contribution in [3.8, 4) is 5.75 Å². The van der Waals surface area contributed by atoms with Gasteiger partial charge in [0.25, 0.3) is 11.8 Å². The molecule has 9 heteroatoms. The summed E-state index contributed by atoms with van der Waals surface area (Å²) in [5, 5.41) is 9.49. The third-order valence-electron chi connectivity index (χ3n) is 5.81. The van der Waals surface area contributed by atoms with E-state index in [0.29, 0.717) is 23.7 Å². The Kier molecular flexibility index (Phi) is 6.15. The third-order valence-corrected chi connectivity index (χ3v) is 5.81. The number of rotatable bonds is 6. The number of aromatic amines is 1. The van der Waals surface area contributed by atoms with Crippen LogP contribution in [0, 0.1) is 0 Å². The van der Waals surface area contributed by atoms with Crippen molar-refractivity contribution in [1.29, 1.82) is 0 Å². The van der Waals surface area contributed by atoms with Crippen molar-refractivity contribution < 1.29 is 19.1 Å². The molecular formula is C24H27N5O4. The van der Waals surface area contributed by atoms with E-state index in [1.54, 1.807) is 14.2 Å². The minimum Gasteiger partial charge on any atom is -0.489 e. The number of hydrogen-bond acceptors (Lipinski definition) is 6. The molecule has 172 valence electrons. The molecule has 1 unspecified atom stereocenters. The number of benzene rings is 2. The number of nitrogens with zero attached hydrogens (tertiary/aromatic N) is 3. The molecule has 2 N–H and O–H groups in total. The van der Waals surface area contributed by atoms with Crippen LogP contribution in [0.4, 0.5) is 5.69 Å². The Morgan fingerprint density at radius 3 is 2.76 bits per heavy atom. The molecule has 0 fully saturated rings. The average molecular weight is 450 g/mol. The van der Waals surface area contributed by atoms with Gasteiger partial charge in [-0.05, 0) is 37.1 Å². The lowest BCUT2D eigenvalue weighted by Gasteiger charge is -2.26. The van der Waals surface area contributed by atoms with E-state index >= 15 is 0 Å². The summed E-state index contributed by atoms with van der Waals surface area (Å²) in [5.74, 6) is 0.249. The Morgan fingerprint density at radius 2 is 2.03 bits per heavy atom. The predicted molar refractivity (Wildman–Crippen MR) is 122 cm³/mol. The highest BCUT2D eigenvalue weighted by Crippen LogP contribution is 2.35. The number of likely N-dealkylation sites (N-methyl/N-ethyl adjacent to an activating group) is 1. The molecule has 1 aliphatic rings. The minimum atomic E-state index is -0.884. The number of carbonyl (C=O) groups excluding carboxylic acids is 2. The van der Waals surface area contributed by atoms with E-state index in [-0.39, 0.29) is 18.3 Å². The standard InChI is InChI=1S/C24H27N5O4/c1-24(2,32-4)16-10-11-19-18(13-16)29(3)23(31)17(14-33-19)25-22(30)21-26-20(27-28-21)12-15-8-6-5-7-9-15/h5-11,13,17H,12,14H2,1-4H3,(H,25,30)(H,26,27,28). The summed E-state index contributed by atoms with van der Waals surface area (Å²) in [6.45, 7) is 3.89. The molecule has 0 saturated carbocycles. The van der Waals surface area contributed by atoms with Crippen LogP contribution in [0.3, 0.4) is 0 Å². The second-order valence-corrected chi connectivity index (χ2v) is 8.40. The number of H-pyrrole nitrogens is 1. The Morgan fingerprint density at radius 1 is 1.27 bits per heavy atom. The van der Waals surface area contributed by atoms with E-state index in [1.165, 1.54) is 4.90 Å². The second kappa shape index (κ2) is 9.03. The van der Waals surface area contributed by atoms with Crippen molar-refractivity contribution in [1.82, 2.24) is 20.5 Å². The Balaban J connectivity index is 1.47. The van der Waals surface area contributed by atoms with Crippen LogP contribution in [-0.2, 0) is 21.6 Å². The highest BCUT2D eigenvalue weighted by molar-refractivity contribution is 6.02. The van der Waals surface area contributed by atoms with E-state index in [1.807, 2.05) is 62.4 Å². The van der Waals surface area contributed by atoms with Crippen LogP contribution in [0.15, 0.2) is 48.5 Å². The summed E-state index contributed by atoms with van der Waals surface area (Å²) < 4.78 is 11.4. The van der Waals surface area contributed by atoms with Crippen LogP contribution in [0.1, 0.15) is 41.4 Å². The topological polar surface area (TPSA) is 109 Å². The van der Waals surface area contributed by atoms with Crippen molar-refractivity contribution in [3.05, 3.63) is 71.3 Å². The van der Waals surface area contributed by atoms with Gasteiger partial charge in [-0.25, -0.2) is 4.98 Å². The largest absolute Gasteiger partial charge is 0.489 e. The van der Waals surface area contributed by atoms with Crippen LogP contribution in [-0.4, -0.2) is 53.8 Å². The summed E-state index contributed by atoms with van der Waals surface area (Å²) in [6, 6.07) is 14.4. The molecule has 2 amide bonds. The molecule has 33 heavy (non-hydrogen) atoms. The number of aromatic nitrogens is 3. The zero-order chi connectivity index (χ0) is 23.6. The molecule has 0 radical (unpaired) electrons. The number of anilines is 1. The number of amides is 2. The lowest BCUT2D eigenvalue weighted by molar-refractivity contribution is -0.120. The van der Waals surface area contributed by atoms with Crippen LogP contribution < -0.4 is 15.0 Å². The molecule has 2 aromatic carbocycles. The smallest absolute Gasteiger partial charge is 0.291 e. The first-order valence-electron chi connectivity index (χ1n) is 10.6. The Bertz CT molecular complexity index is 1160. The number of hydrogen-bond donors (Lipinski definition) is 2. The quantitative estimate of drug-likeness (QED) is 0.598. The molecule has 1 aromatic heterocycles. The molecule has 2 heterocycles. The van der Waals surface area contributed by atoms with Gasteiger partial charge in [0, 0.05) is 20.6 Å². The lowest BCUT2D eigenvalue weighted by Crippen LogP contribution is -2.49. The summed E-state index contributed by atoms with van der Waals surface area (Å²) in [5.41, 5.74) is 2.04. The fourth-order valence-corrected chi connectivity index (χ4v) is 3.58. The van der Waals surface area contributed by atoms with Crippen molar-refractivity contribution in [2.75, 3.05) is 25.7 Å². The molecule has 0 aliphatic carbocycles. The predicted octanol–water partition coefficient (Wildman–Crippen LogP) is 2.43. The molecule has 9 nitrogen and oxygen atoms in total. The molecular weight excluding hydrogens is 422 g/mol. The normalized spacial score (nSPS) is 16.1. The number of nitrogens with one attached hydrogen (secondary N) is 2. The molecule has 1 aliphatic heterocycles. The van der Waals surface area contributed by atoms with Gasteiger partial charge in [-0.3, -0.25) is 14.7 Å². The Hall–Kier alpha value is -3.72. The summed E-state index contributed by atoms with van der Waals surface area (Å²) in [7, 11) is 3.29. The van der Waals surface area contributed by atoms with Gasteiger partial charge in [0.2, 0.25) is 5.82 Å². The lowest BCUT2D eigenvalue weighted by atomic mass is 9.97. The van der Waals surface area contributed by atoms with Crippen molar-refractivity contribution in [3.63, 3.8) is 0 Å². The van der Waals surface area contributed by atoms with Crippen LogP contribution in [0.25, 0.3) is 0 Å². The van der Waals surface area contributed by atoms with Gasteiger partial charge < -0.3 is 19.7 Å². The first-order chi connectivity index (χ1) is 15.8. The second-order valence-electron chi connectivity index (χ2n) is 8.40. The van der Waals surface area contributed by atoms with E-state index in [0.717, 1.165) is 11.1 Å². The van der Waals surface area contributed by atoms with Crippen LogP contribution in [0.5, 0.6) is 5.75 Å². The molecule has 3 aromatic rings. The fraction of sp³-hybridized carbons (Fsp3) is 0.333. The monoisotopic (exact) mass is 449 g/mol. The molecule has 1 atom stereocenters. The highest BCUT2D eigenvalue weighted by atomic mass is 16.5. The van der Waals surface area contributed by atoms with Crippen LogP contribution in [0.2, 0.25) is 0 Å². The molecule has 0 bridgehead atoms. The maximum atomic E-state index is 13.1. The maximum Gasteiger partial charge on any atom is 0.291 e. The average Bonchev–Trinajstić information content (AvgIpc) is 3.25. The van der Waals surface area contributed by atoms with Crippen molar-refractivity contribution in [2.24, 2.45) is 0 Å². The summed E-state index contributed by atoms with van der Waals surface area (Å²) in [6.07, 6.45) is 0.519. The van der Waals surface area contributed by atoms with Gasteiger partial charge >= 0.3 is 0 Å². The van der Waals surface area contributed by atoms with Gasteiger partial charge in [0.05, 0.1) is 11.3 Å². The highest BCUT2D eigenvalue weighted by Gasteiger charge is 2.33. The minimum absolute atomic E-state index is 0.00374.